The van der Waals surface area contributed by atoms with Crippen molar-refractivity contribution in [2.24, 2.45) is 11.7 Å². The van der Waals surface area contributed by atoms with E-state index in [1.807, 2.05) is 11.8 Å². The topological polar surface area (TPSA) is 58.8 Å². The summed E-state index contributed by atoms with van der Waals surface area (Å²) in [6.07, 6.45) is 4.71. The average Bonchev–Trinajstić information content (AvgIpc) is 2.42. The Morgan fingerprint density at radius 1 is 1.16 bits per heavy atom. The van der Waals surface area contributed by atoms with Crippen LogP contribution in [0.1, 0.15) is 32.6 Å². The first-order valence-electron chi connectivity index (χ1n) is 7.58. The number of carbonyl (C=O) groups excluding carboxylic acids is 1. The zero-order valence-corrected chi connectivity index (χ0v) is 12.0. The quantitative estimate of drug-likeness (QED) is 0.838. The normalized spacial score (nSPS) is 29.3. The summed E-state index contributed by atoms with van der Waals surface area (Å²) in [4.78, 5) is 15.9. The summed E-state index contributed by atoms with van der Waals surface area (Å²) < 4.78 is 5.03. The van der Waals surface area contributed by atoms with E-state index in [9.17, 15) is 4.79 Å². The van der Waals surface area contributed by atoms with Gasteiger partial charge in [-0.1, -0.05) is 0 Å². The number of ether oxygens (including phenoxy) is 1. The number of piperazine rings is 1. The molecule has 5 nitrogen and oxygen atoms in total. The minimum atomic E-state index is -0.161. The Kier molecular flexibility index (Phi) is 5.45. The Hall–Kier alpha value is -0.810. The Morgan fingerprint density at radius 3 is 2.37 bits per heavy atom. The maximum atomic E-state index is 11.6. The summed E-state index contributed by atoms with van der Waals surface area (Å²) >= 11 is 0. The van der Waals surface area contributed by atoms with Gasteiger partial charge < -0.3 is 15.4 Å². The van der Waals surface area contributed by atoms with E-state index < -0.39 is 0 Å². The van der Waals surface area contributed by atoms with Gasteiger partial charge in [0.05, 0.1) is 6.61 Å². The van der Waals surface area contributed by atoms with Crippen LogP contribution in [0.15, 0.2) is 0 Å². The molecule has 110 valence electrons. The molecule has 0 unspecified atom stereocenters. The van der Waals surface area contributed by atoms with Gasteiger partial charge >= 0.3 is 6.09 Å². The molecule has 2 fully saturated rings. The fourth-order valence-corrected chi connectivity index (χ4v) is 3.06. The fraction of sp³-hybridized carbons (Fsp3) is 0.929. The standard InChI is InChI=1S/C14H27N3O2/c1-2-19-14(18)17-9-7-16(8-10-17)11-12-3-5-13(15)6-4-12/h12-13H,2-11,15H2,1H3. The average molecular weight is 269 g/mol. The number of nitrogens with zero attached hydrogens (tertiary/aromatic N) is 2. The van der Waals surface area contributed by atoms with Crippen molar-refractivity contribution in [3.8, 4) is 0 Å². The monoisotopic (exact) mass is 269 g/mol. The number of nitrogens with two attached hydrogens (primary N) is 1. The first-order chi connectivity index (χ1) is 9.19. The van der Waals surface area contributed by atoms with Crippen LogP contribution in [0.2, 0.25) is 0 Å². The molecule has 1 saturated carbocycles. The Labute approximate surface area is 116 Å². The lowest BCUT2D eigenvalue weighted by Gasteiger charge is -2.37. The molecule has 0 spiro atoms. The number of hydrogen-bond acceptors (Lipinski definition) is 4. The minimum absolute atomic E-state index is 0.161. The second kappa shape index (κ2) is 7.10. The molecule has 0 aromatic heterocycles. The molecule has 19 heavy (non-hydrogen) atoms. The van der Waals surface area contributed by atoms with Crippen LogP contribution in [0.25, 0.3) is 0 Å². The molecule has 1 aliphatic carbocycles. The van der Waals surface area contributed by atoms with Gasteiger partial charge in [0.1, 0.15) is 0 Å². The largest absolute Gasteiger partial charge is 0.450 e. The highest BCUT2D eigenvalue weighted by Gasteiger charge is 2.25. The zero-order chi connectivity index (χ0) is 13.7. The van der Waals surface area contributed by atoms with Crippen LogP contribution in [0.5, 0.6) is 0 Å². The third-order valence-electron chi connectivity index (χ3n) is 4.31. The van der Waals surface area contributed by atoms with Gasteiger partial charge in [-0.15, -0.1) is 0 Å². The second-order valence-corrected chi connectivity index (χ2v) is 5.77. The fourth-order valence-electron chi connectivity index (χ4n) is 3.06. The molecular weight excluding hydrogens is 242 g/mol. The highest BCUT2D eigenvalue weighted by atomic mass is 16.6. The van der Waals surface area contributed by atoms with Crippen molar-refractivity contribution in [1.29, 1.82) is 0 Å². The molecule has 1 saturated heterocycles. The van der Waals surface area contributed by atoms with Gasteiger partial charge in [0.25, 0.3) is 0 Å². The lowest BCUT2D eigenvalue weighted by atomic mass is 9.86. The number of hydrogen-bond donors (Lipinski definition) is 1. The molecule has 5 heteroatoms. The van der Waals surface area contributed by atoms with Gasteiger partial charge in [-0.25, -0.2) is 4.79 Å². The van der Waals surface area contributed by atoms with Crippen molar-refractivity contribution >= 4 is 6.09 Å². The van der Waals surface area contributed by atoms with Crippen LogP contribution in [0.4, 0.5) is 4.79 Å². The minimum Gasteiger partial charge on any atom is -0.450 e. The summed E-state index contributed by atoms with van der Waals surface area (Å²) in [5.74, 6) is 0.800. The van der Waals surface area contributed by atoms with Crippen molar-refractivity contribution < 1.29 is 9.53 Å². The Balaban J connectivity index is 1.67. The SMILES string of the molecule is CCOC(=O)N1CCN(CC2CCC(N)CC2)CC1. The molecule has 0 aromatic carbocycles. The summed E-state index contributed by atoms with van der Waals surface area (Å²) in [5, 5.41) is 0. The van der Waals surface area contributed by atoms with Crippen LogP contribution >= 0.6 is 0 Å². The first kappa shape index (κ1) is 14.6. The third kappa shape index (κ3) is 4.35. The lowest BCUT2D eigenvalue weighted by Crippen LogP contribution is -2.50. The van der Waals surface area contributed by atoms with Crippen molar-refractivity contribution in [2.45, 2.75) is 38.6 Å². The van der Waals surface area contributed by atoms with E-state index in [1.165, 1.54) is 32.2 Å². The van der Waals surface area contributed by atoms with Crippen molar-refractivity contribution in [1.82, 2.24) is 9.80 Å². The van der Waals surface area contributed by atoms with Gasteiger partial charge in [0, 0.05) is 38.8 Å². The van der Waals surface area contributed by atoms with E-state index in [0.717, 1.165) is 32.1 Å². The molecule has 2 rings (SSSR count). The molecule has 1 amide bonds. The third-order valence-corrected chi connectivity index (χ3v) is 4.31. The van der Waals surface area contributed by atoms with Gasteiger partial charge in [-0.2, -0.15) is 0 Å². The summed E-state index contributed by atoms with van der Waals surface area (Å²) in [6, 6.07) is 0.428. The van der Waals surface area contributed by atoms with Crippen LogP contribution in [0.3, 0.4) is 0 Å². The molecule has 0 bridgehead atoms. The van der Waals surface area contributed by atoms with Gasteiger partial charge in [-0.3, -0.25) is 4.90 Å². The lowest BCUT2D eigenvalue weighted by molar-refractivity contribution is 0.0724. The van der Waals surface area contributed by atoms with E-state index in [1.54, 1.807) is 0 Å². The van der Waals surface area contributed by atoms with Crippen molar-refractivity contribution in [3.05, 3.63) is 0 Å². The van der Waals surface area contributed by atoms with Crippen LogP contribution < -0.4 is 5.73 Å². The highest BCUT2D eigenvalue weighted by Crippen LogP contribution is 2.24. The molecule has 2 N–H and O–H groups in total. The molecule has 0 aromatic rings. The molecule has 0 atom stereocenters. The van der Waals surface area contributed by atoms with E-state index in [-0.39, 0.29) is 6.09 Å². The Bertz CT molecular complexity index is 282. The molecule has 1 heterocycles. The summed E-state index contributed by atoms with van der Waals surface area (Å²) in [5.41, 5.74) is 5.94. The molecule has 1 aliphatic heterocycles. The van der Waals surface area contributed by atoms with Gasteiger partial charge in [-0.05, 0) is 38.5 Å². The number of carbonyl (C=O) groups is 1. The second-order valence-electron chi connectivity index (χ2n) is 5.77. The Morgan fingerprint density at radius 2 is 1.79 bits per heavy atom. The maximum absolute atomic E-state index is 11.6. The van der Waals surface area contributed by atoms with E-state index >= 15 is 0 Å². The van der Waals surface area contributed by atoms with Gasteiger partial charge in [0.15, 0.2) is 0 Å². The predicted octanol–water partition coefficient (Wildman–Crippen LogP) is 1.28. The van der Waals surface area contributed by atoms with Crippen LogP contribution in [-0.2, 0) is 4.74 Å². The van der Waals surface area contributed by atoms with Crippen molar-refractivity contribution in [2.75, 3.05) is 39.3 Å². The predicted molar refractivity (Wildman–Crippen MR) is 75.0 cm³/mol. The van der Waals surface area contributed by atoms with E-state index in [4.69, 9.17) is 10.5 Å². The first-order valence-corrected chi connectivity index (χ1v) is 7.58. The summed E-state index contributed by atoms with van der Waals surface area (Å²) in [7, 11) is 0. The molecular formula is C14H27N3O2. The zero-order valence-electron chi connectivity index (χ0n) is 12.0. The van der Waals surface area contributed by atoms with Crippen LogP contribution in [0, 0.1) is 5.92 Å². The smallest absolute Gasteiger partial charge is 0.409 e. The van der Waals surface area contributed by atoms with Gasteiger partial charge in [0.2, 0.25) is 0 Å². The van der Waals surface area contributed by atoms with Crippen molar-refractivity contribution in [3.63, 3.8) is 0 Å². The van der Waals surface area contributed by atoms with E-state index in [0.29, 0.717) is 12.6 Å². The number of amides is 1. The maximum Gasteiger partial charge on any atom is 0.409 e. The van der Waals surface area contributed by atoms with Crippen LogP contribution in [-0.4, -0.2) is 61.3 Å². The molecule has 2 aliphatic rings. The highest BCUT2D eigenvalue weighted by molar-refractivity contribution is 5.67. The molecule has 0 radical (unpaired) electrons. The number of rotatable bonds is 3. The summed E-state index contributed by atoms with van der Waals surface area (Å²) in [6.45, 7) is 7.02. The van der Waals surface area contributed by atoms with E-state index in [2.05, 4.69) is 4.90 Å².